The van der Waals surface area contributed by atoms with Crippen molar-refractivity contribution in [2.75, 3.05) is 37.0 Å². The summed E-state index contributed by atoms with van der Waals surface area (Å²) in [5, 5.41) is 2.84. The van der Waals surface area contributed by atoms with Gasteiger partial charge in [0.25, 0.3) is 5.91 Å². The van der Waals surface area contributed by atoms with E-state index in [1.165, 1.54) is 6.20 Å². The standard InChI is InChI=1S/C16H22FN7O/c1-10-19-8-13(21-10)15(25)20-7-12-6-11(17)9-24(12)14-4-5-18-16(22-14)23(2)3/h4-5,8,11-12H,6-7,9H2,1-3H3,(H,19,21)(H,20,25)/t11-,12-/m0/s1. The van der Waals surface area contributed by atoms with Crippen LogP contribution in [-0.2, 0) is 0 Å². The zero-order valence-electron chi connectivity index (χ0n) is 14.5. The maximum absolute atomic E-state index is 14.0. The molecule has 2 atom stereocenters. The van der Waals surface area contributed by atoms with Crippen molar-refractivity contribution < 1.29 is 9.18 Å². The van der Waals surface area contributed by atoms with Crippen molar-refractivity contribution in [1.29, 1.82) is 0 Å². The summed E-state index contributed by atoms with van der Waals surface area (Å²) < 4.78 is 14.0. The van der Waals surface area contributed by atoms with Crippen molar-refractivity contribution in [1.82, 2.24) is 25.3 Å². The largest absolute Gasteiger partial charge is 0.349 e. The topological polar surface area (TPSA) is 90.0 Å². The van der Waals surface area contributed by atoms with Crippen molar-refractivity contribution >= 4 is 17.7 Å². The minimum Gasteiger partial charge on any atom is -0.349 e. The summed E-state index contributed by atoms with van der Waals surface area (Å²) in [6.45, 7) is 2.37. The Morgan fingerprint density at radius 3 is 2.96 bits per heavy atom. The Hall–Kier alpha value is -2.71. The number of hydrogen-bond acceptors (Lipinski definition) is 6. The average molecular weight is 347 g/mol. The fraction of sp³-hybridized carbons (Fsp3) is 0.500. The van der Waals surface area contributed by atoms with Gasteiger partial charge in [0, 0.05) is 33.3 Å². The quantitative estimate of drug-likeness (QED) is 0.836. The van der Waals surface area contributed by atoms with Crippen LogP contribution in [0.25, 0.3) is 0 Å². The van der Waals surface area contributed by atoms with Gasteiger partial charge in [0.05, 0.1) is 18.8 Å². The SMILES string of the molecule is Cc1ncc(C(=O)NC[C@@H]2C[C@H](F)CN2c2ccnc(N(C)C)n2)[nH]1. The van der Waals surface area contributed by atoms with E-state index < -0.39 is 6.17 Å². The van der Waals surface area contributed by atoms with Crippen LogP contribution in [0.4, 0.5) is 16.2 Å². The van der Waals surface area contributed by atoms with E-state index in [9.17, 15) is 9.18 Å². The number of alkyl halides is 1. The highest BCUT2D eigenvalue weighted by molar-refractivity contribution is 5.92. The molecule has 0 spiro atoms. The predicted molar refractivity (Wildman–Crippen MR) is 92.7 cm³/mol. The zero-order valence-corrected chi connectivity index (χ0v) is 14.5. The van der Waals surface area contributed by atoms with Crippen molar-refractivity contribution in [2.24, 2.45) is 0 Å². The summed E-state index contributed by atoms with van der Waals surface area (Å²) in [7, 11) is 3.70. The molecule has 3 rings (SSSR count). The van der Waals surface area contributed by atoms with Crippen LogP contribution in [0.1, 0.15) is 22.7 Å². The van der Waals surface area contributed by atoms with Gasteiger partial charge in [-0.2, -0.15) is 4.98 Å². The van der Waals surface area contributed by atoms with Gasteiger partial charge in [-0.1, -0.05) is 0 Å². The van der Waals surface area contributed by atoms with Gasteiger partial charge < -0.3 is 20.1 Å². The van der Waals surface area contributed by atoms with E-state index in [4.69, 9.17) is 0 Å². The maximum Gasteiger partial charge on any atom is 0.269 e. The molecular formula is C16H22FN7O. The van der Waals surface area contributed by atoms with E-state index in [1.54, 1.807) is 24.1 Å². The van der Waals surface area contributed by atoms with Gasteiger partial charge in [0.2, 0.25) is 5.95 Å². The summed E-state index contributed by atoms with van der Waals surface area (Å²) in [5.41, 5.74) is 0.399. The molecule has 3 heterocycles. The van der Waals surface area contributed by atoms with Crippen LogP contribution in [0.5, 0.6) is 0 Å². The molecule has 0 bridgehead atoms. The fourth-order valence-electron chi connectivity index (χ4n) is 2.89. The number of halogens is 1. The third-order valence-electron chi connectivity index (χ3n) is 4.13. The average Bonchev–Trinajstić information content (AvgIpc) is 3.18. The van der Waals surface area contributed by atoms with Crippen LogP contribution in [0.2, 0.25) is 0 Å². The number of rotatable bonds is 5. The van der Waals surface area contributed by atoms with Gasteiger partial charge in [-0.05, 0) is 13.0 Å². The van der Waals surface area contributed by atoms with E-state index in [2.05, 4.69) is 25.3 Å². The highest BCUT2D eigenvalue weighted by Gasteiger charge is 2.33. The van der Waals surface area contributed by atoms with Crippen molar-refractivity contribution in [3.63, 3.8) is 0 Å². The van der Waals surface area contributed by atoms with Gasteiger partial charge in [-0.25, -0.2) is 14.4 Å². The number of nitrogens with one attached hydrogen (secondary N) is 2. The van der Waals surface area contributed by atoms with Crippen LogP contribution in [-0.4, -0.2) is 65.2 Å². The summed E-state index contributed by atoms with van der Waals surface area (Å²) in [5.74, 6) is 1.65. The van der Waals surface area contributed by atoms with Crippen LogP contribution in [0, 0.1) is 6.92 Å². The summed E-state index contributed by atoms with van der Waals surface area (Å²) in [4.78, 5) is 31.4. The van der Waals surface area contributed by atoms with Gasteiger partial charge in [-0.3, -0.25) is 4.79 Å². The number of H-pyrrole nitrogens is 1. The lowest BCUT2D eigenvalue weighted by atomic mass is 10.2. The number of amides is 1. The normalized spacial score (nSPS) is 19.9. The summed E-state index contributed by atoms with van der Waals surface area (Å²) in [6.07, 6.45) is 2.55. The van der Waals surface area contributed by atoms with Crippen LogP contribution in [0.15, 0.2) is 18.5 Å². The van der Waals surface area contributed by atoms with Gasteiger partial charge in [0.1, 0.15) is 23.5 Å². The minimum atomic E-state index is -0.950. The second-order valence-corrected chi connectivity index (χ2v) is 6.34. The second kappa shape index (κ2) is 7.04. The lowest BCUT2D eigenvalue weighted by molar-refractivity contribution is 0.0946. The molecule has 0 aromatic carbocycles. The monoisotopic (exact) mass is 347 g/mol. The Labute approximate surface area is 145 Å². The first-order valence-corrected chi connectivity index (χ1v) is 8.15. The Kier molecular flexibility index (Phi) is 4.82. The minimum absolute atomic E-state index is 0.159. The molecule has 9 heteroatoms. The van der Waals surface area contributed by atoms with Gasteiger partial charge in [-0.15, -0.1) is 0 Å². The van der Waals surface area contributed by atoms with E-state index in [0.717, 1.165) is 0 Å². The number of imidazole rings is 1. The number of anilines is 2. The molecule has 2 N–H and O–H groups in total. The summed E-state index contributed by atoms with van der Waals surface area (Å²) >= 11 is 0. The number of hydrogen-bond donors (Lipinski definition) is 2. The van der Waals surface area contributed by atoms with Crippen LogP contribution in [0.3, 0.4) is 0 Å². The molecule has 1 aliphatic rings. The smallest absolute Gasteiger partial charge is 0.269 e. The number of aromatic nitrogens is 4. The first-order chi connectivity index (χ1) is 11.9. The molecule has 0 saturated carbocycles. The van der Waals surface area contributed by atoms with E-state index in [1.807, 2.05) is 19.0 Å². The molecule has 1 amide bonds. The Morgan fingerprint density at radius 2 is 2.28 bits per heavy atom. The number of nitrogens with zero attached hydrogens (tertiary/aromatic N) is 5. The second-order valence-electron chi connectivity index (χ2n) is 6.34. The third kappa shape index (κ3) is 3.86. The predicted octanol–water partition coefficient (Wildman–Crippen LogP) is 0.921. The molecule has 1 fully saturated rings. The molecule has 1 saturated heterocycles. The molecule has 2 aromatic heterocycles. The molecular weight excluding hydrogens is 325 g/mol. The van der Waals surface area contributed by atoms with Crippen molar-refractivity contribution in [3.05, 3.63) is 30.0 Å². The van der Waals surface area contributed by atoms with Crippen molar-refractivity contribution in [2.45, 2.75) is 25.6 Å². The highest BCUT2D eigenvalue weighted by atomic mass is 19.1. The lowest BCUT2D eigenvalue weighted by Gasteiger charge is -2.26. The number of carbonyl (C=O) groups is 1. The first kappa shape index (κ1) is 17.1. The van der Waals surface area contributed by atoms with E-state index in [0.29, 0.717) is 36.3 Å². The first-order valence-electron chi connectivity index (χ1n) is 8.15. The maximum atomic E-state index is 14.0. The molecule has 2 aromatic rings. The van der Waals surface area contributed by atoms with E-state index >= 15 is 0 Å². The summed E-state index contributed by atoms with van der Waals surface area (Å²) in [6, 6.07) is 1.60. The van der Waals surface area contributed by atoms with Crippen molar-refractivity contribution in [3.8, 4) is 0 Å². The Balaban J connectivity index is 1.69. The number of carbonyl (C=O) groups excluding carboxylic acids is 1. The molecule has 8 nitrogen and oxygen atoms in total. The molecule has 0 radical (unpaired) electrons. The van der Waals surface area contributed by atoms with Crippen LogP contribution >= 0.6 is 0 Å². The van der Waals surface area contributed by atoms with Gasteiger partial charge >= 0.3 is 0 Å². The number of aromatic amines is 1. The molecule has 1 aliphatic heterocycles. The molecule has 25 heavy (non-hydrogen) atoms. The molecule has 134 valence electrons. The zero-order chi connectivity index (χ0) is 18.0. The Bertz CT molecular complexity index is 748. The third-order valence-corrected chi connectivity index (χ3v) is 4.13. The van der Waals surface area contributed by atoms with Gasteiger partial charge in [0.15, 0.2) is 0 Å². The van der Waals surface area contributed by atoms with E-state index in [-0.39, 0.29) is 18.5 Å². The highest BCUT2D eigenvalue weighted by Crippen LogP contribution is 2.26. The fourth-order valence-corrected chi connectivity index (χ4v) is 2.89. The van der Waals surface area contributed by atoms with Crippen LogP contribution < -0.4 is 15.1 Å². The lowest BCUT2D eigenvalue weighted by Crippen LogP contribution is -2.40. The molecule has 0 aliphatic carbocycles. The molecule has 0 unspecified atom stereocenters. The Morgan fingerprint density at radius 1 is 1.48 bits per heavy atom. The number of aryl methyl sites for hydroxylation is 1.